The van der Waals surface area contributed by atoms with Gasteiger partial charge in [-0.25, -0.2) is 0 Å². The molecule has 1 amide bonds. The molecule has 0 heterocycles. The summed E-state index contributed by atoms with van der Waals surface area (Å²) in [7, 11) is 0. The third-order valence-electron chi connectivity index (χ3n) is 3.61. The number of anilines is 1. The average Bonchev–Trinajstić information content (AvgIpc) is 2.51. The van der Waals surface area contributed by atoms with Crippen LogP contribution in [0.2, 0.25) is 0 Å². The number of Topliss-reactive ketones (excluding diaryl/α,β-unsaturated/α-hetero) is 1. The Morgan fingerprint density at radius 1 is 1.04 bits per heavy atom. The highest BCUT2D eigenvalue weighted by Crippen LogP contribution is 2.24. The molecule has 0 fully saturated rings. The number of amides is 1. The lowest BCUT2D eigenvalue weighted by Crippen LogP contribution is -2.30. The largest absolute Gasteiger partial charge is 0.480 e. The Balaban J connectivity index is 2.08. The second kappa shape index (κ2) is 7.09. The van der Waals surface area contributed by atoms with Gasteiger partial charge in [0.2, 0.25) is 0 Å². The average molecular weight is 311 g/mol. The van der Waals surface area contributed by atoms with E-state index in [0.717, 1.165) is 16.9 Å². The molecular formula is C19H21NO3. The highest BCUT2D eigenvalue weighted by atomic mass is 16.5. The predicted octanol–water partition coefficient (Wildman–Crippen LogP) is 3.91. The van der Waals surface area contributed by atoms with E-state index in [1.807, 2.05) is 32.0 Å². The van der Waals surface area contributed by atoms with Crippen molar-refractivity contribution in [3.05, 3.63) is 59.2 Å². The van der Waals surface area contributed by atoms with Crippen LogP contribution in [-0.4, -0.2) is 17.8 Å². The van der Waals surface area contributed by atoms with Crippen LogP contribution in [0.25, 0.3) is 0 Å². The van der Waals surface area contributed by atoms with Gasteiger partial charge < -0.3 is 10.1 Å². The van der Waals surface area contributed by atoms with Gasteiger partial charge in [-0.1, -0.05) is 30.3 Å². The molecule has 1 N–H and O–H groups in total. The van der Waals surface area contributed by atoms with Gasteiger partial charge >= 0.3 is 0 Å². The van der Waals surface area contributed by atoms with Crippen LogP contribution < -0.4 is 10.1 Å². The smallest absolute Gasteiger partial charge is 0.265 e. The number of carbonyl (C=O) groups excluding carboxylic acids is 2. The molecule has 2 rings (SSSR count). The molecule has 0 aliphatic heterocycles. The summed E-state index contributed by atoms with van der Waals surface area (Å²) in [5.74, 6) is 0.432. The molecule has 120 valence electrons. The summed E-state index contributed by atoms with van der Waals surface area (Å²) in [4.78, 5) is 23.7. The molecular weight excluding hydrogens is 290 g/mol. The van der Waals surface area contributed by atoms with Crippen LogP contribution >= 0.6 is 0 Å². The minimum atomic E-state index is -0.643. The lowest BCUT2D eigenvalue weighted by atomic mass is 10.1. The van der Waals surface area contributed by atoms with Crippen LogP contribution in [0.4, 0.5) is 5.69 Å². The molecule has 23 heavy (non-hydrogen) atoms. The predicted molar refractivity (Wildman–Crippen MR) is 91.1 cm³/mol. The van der Waals surface area contributed by atoms with Gasteiger partial charge in [0.05, 0.1) is 0 Å². The molecule has 0 aliphatic carbocycles. The minimum Gasteiger partial charge on any atom is -0.480 e. The van der Waals surface area contributed by atoms with Crippen molar-refractivity contribution in [3.8, 4) is 5.75 Å². The van der Waals surface area contributed by atoms with Gasteiger partial charge in [-0.15, -0.1) is 0 Å². The summed E-state index contributed by atoms with van der Waals surface area (Å²) in [6.45, 7) is 7.09. The zero-order chi connectivity index (χ0) is 17.0. The first-order valence-corrected chi connectivity index (χ1v) is 7.53. The second-order valence-corrected chi connectivity index (χ2v) is 5.61. The molecule has 0 aromatic heterocycles. The number of rotatable bonds is 5. The first-order chi connectivity index (χ1) is 10.9. The van der Waals surface area contributed by atoms with Gasteiger partial charge in [-0.2, -0.15) is 0 Å². The first-order valence-electron chi connectivity index (χ1n) is 7.53. The van der Waals surface area contributed by atoms with Gasteiger partial charge in [-0.3, -0.25) is 9.59 Å². The van der Waals surface area contributed by atoms with Crippen molar-refractivity contribution in [2.75, 3.05) is 5.32 Å². The van der Waals surface area contributed by atoms with E-state index in [4.69, 9.17) is 4.74 Å². The number of hydrogen-bond acceptors (Lipinski definition) is 3. The first kappa shape index (κ1) is 16.7. The van der Waals surface area contributed by atoms with Crippen molar-refractivity contribution in [1.29, 1.82) is 0 Å². The van der Waals surface area contributed by atoms with Crippen molar-refractivity contribution in [2.45, 2.75) is 33.8 Å². The number of para-hydroxylation sites is 1. The van der Waals surface area contributed by atoms with E-state index in [0.29, 0.717) is 11.3 Å². The van der Waals surface area contributed by atoms with Gasteiger partial charge in [0.1, 0.15) is 5.75 Å². The van der Waals surface area contributed by atoms with E-state index in [2.05, 4.69) is 5.32 Å². The molecule has 0 spiro atoms. The van der Waals surface area contributed by atoms with E-state index in [9.17, 15) is 9.59 Å². The number of benzene rings is 2. The molecule has 4 nitrogen and oxygen atoms in total. The third-order valence-corrected chi connectivity index (χ3v) is 3.61. The number of hydrogen-bond donors (Lipinski definition) is 1. The lowest BCUT2D eigenvalue weighted by Gasteiger charge is -2.18. The molecule has 0 radical (unpaired) electrons. The molecule has 0 saturated heterocycles. The van der Waals surface area contributed by atoms with Gasteiger partial charge in [0, 0.05) is 11.3 Å². The van der Waals surface area contributed by atoms with Crippen LogP contribution in [-0.2, 0) is 4.79 Å². The van der Waals surface area contributed by atoms with Crippen LogP contribution in [0.1, 0.15) is 35.3 Å². The normalized spacial score (nSPS) is 11.7. The van der Waals surface area contributed by atoms with Gasteiger partial charge in [0.15, 0.2) is 11.9 Å². The summed E-state index contributed by atoms with van der Waals surface area (Å²) in [6, 6.07) is 12.7. The van der Waals surface area contributed by atoms with Crippen molar-refractivity contribution in [1.82, 2.24) is 0 Å². The Labute approximate surface area is 136 Å². The fraction of sp³-hybridized carbons (Fsp3) is 0.263. The Bertz CT molecular complexity index is 717. The van der Waals surface area contributed by atoms with Crippen molar-refractivity contribution in [2.24, 2.45) is 0 Å². The molecule has 4 heteroatoms. The summed E-state index contributed by atoms with van der Waals surface area (Å²) in [5, 5.41) is 2.78. The van der Waals surface area contributed by atoms with Crippen molar-refractivity contribution in [3.63, 3.8) is 0 Å². The molecule has 0 aliphatic rings. The maximum absolute atomic E-state index is 12.3. The zero-order valence-corrected chi connectivity index (χ0v) is 13.8. The fourth-order valence-corrected chi connectivity index (χ4v) is 2.28. The highest BCUT2D eigenvalue weighted by molar-refractivity contribution is 5.98. The molecule has 2 aromatic rings. The highest BCUT2D eigenvalue weighted by Gasteiger charge is 2.17. The Morgan fingerprint density at radius 2 is 1.65 bits per heavy atom. The zero-order valence-electron chi connectivity index (χ0n) is 13.8. The molecule has 0 unspecified atom stereocenters. The standard InChI is InChI=1S/C19H21NO3/c1-12-7-5-8-13(2)18(12)23-15(4)19(22)20-17-10-6-9-16(11-17)14(3)21/h5-11,15H,1-4H3,(H,20,22)/t15-/m1/s1. The minimum absolute atomic E-state index is 0.0408. The van der Waals surface area contributed by atoms with Gasteiger partial charge in [0.25, 0.3) is 5.91 Å². The summed E-state index contributed by atoms with van der Waals surface area (Å²) < 4.78 is 5.81. The molecule has 2 aromatic carbocycles. The van der Waals surface area contributed by atoms with Gasteiger partial charge in [-0.05, 0) is 51.0 Å². The van der Waals surface area contributed by atoms with E-state index >= 15 is 0 Å². The van der Waals surface area contributed by atoms with Crippen LogP contribution in [0, 0.1) is 13.8 Å². The Morgan fingerprint density at radius 3 is 2.26 bits per heavy atom. The fourth-order valence-electron chi connectivity index (χ4n) is 2.28. The Kier molecular flexibility index (Phi) is 5.16. The van der Waals surface area contributed by atoms with Crippen LogP contribution in [0.5, 0.6) is 5.75 Å². The molecule has 0 saturated carbocycles. The third kappa shape index (κ3) is 4.19. The van der Waals surface area contributed by atoms with E-state index in [-0.39, 0.29) is 11.7 Å². The summed E-state index contributed by atoms with van der Waals surface area (Å²) in [6.07, 6.45) is -0.643. The number of ether oxygens (including phenoxy) is 1. The monoisotopic (exact) mass is 311 g/mol. The van der Waals surface area contributed by atoms with Crippen LogP contribution in [0.3, 0.4) is 0 Å². The van der Waals surface area contributed by atoms with Crippen LogP contribution in [0.15, 0.2) is 42.5 Å². The van der Waals surface area contributed by atoms with E-state index in [1.165, 1.54) is 6.92 Å². The quantitative estimate of drug-likeness (QED) is 0.852. The second-order valence-electron chi connectivity index (χ2n) is 5.61. The summed E-state index contributed by atoms with van der Waals surface area (Å²) >= 11 is 0. The van der Waals surface area contributed by atoms with E-state index in [1.54, 1.807) is 31.2 Å². The number of ketones is 1. The Hall–Kier alpha value is -2.62. The lowest BCUT2D eigenvalue weighted by molar-refractivity contribution is -0.122. The topological polar surface area (TPSA) is 55.4 Å². The van der Waals surface area contributed by atoms with Crippen molar-refractivity contribution >= 4 is 17.4 Å². The number of nitrogens with one attached hydrogen (secondary N) is 1. The SMILES string of the molecule is CC(=O)c1cccc(NC(=O)[C@@H](C)Oc2c(C)cccc2C)c1. The summed E-state index contributed by atoms with van der Waals surface area (Å²) in [5.41, 5.74) is 3.12. The molecule has 0 bridgehead atoms. The number of aryl methyl sites for hydroxylation is 2. The maximum Gasteiger partial charge on any atom is 0.265 e. The number of carbonyl (C=O) groups is 2. The van der Waals surface area contributed by atoms with E-state index < -0.39 is 6.10 Å². The maximum atomic E-state index is 12.3. The van der Waals surface area contributed by atoms with Crippen molar-refractivity contribution < 1.29 is 14.3 Å². The molecule has 1 atom stereocenters.